The Morgan fingerprint density at radius 3 is 2.05 bits per heavy atom. The van der Waals surface area contributed by atoms with E-state index in [-0.39, 0.29) is 40.6 Å². The predicted octanol–water partition coefficient (Wildman–Crippen LogP) is 4.22. The van der Waals surface area contributed by atoms with Gasteiger partial charge in [-0.1, -0.05) is 23.5 Å². The molecule has 2 unspecified atom stereocenters. The van der Waals surface area contributed by atoms with Crippen molar-refractivity contribution in [2.24, 2.45) is 0 Å². The maximum atomic E-state index is 13.2. The molecule has 2 atom stereocenters. The van der Waals surface area contributed by atoms with Crippen LogP contribution in [0.1, 0.15) is 34.9 Å². The quantitative estimate of drug-likeness (QED) is 0.0987. The number of alkyl halides is 2. The summed E-state index contributed by atoms with van der Waals surface area (Å²) in [4.78, 5) is 30.3. The number of hydrogen-bond donors (Lipinski definition) is 2. The molecule has 0 amide bonds. The molecule has 2 rings (SSSR count). The van der Waals surface area contributed by atoms with Crippen LogP contribution in [0.2, 0.25) is 0 Å². The van der Waals surface area contributed by atoms with E-state index in [0.717, 1.165) is 23.5 Å². The number of carbonyl (C=O) groups excluding carboxylic acids is 1. The normalized spacial score (nSPS) is 13.8. The van der Waals surface area contributed by atoms with Crippen molar-refractivity contribution in [1.29, 1.82) is 0 Å². The Balaban J connectivity index is 2.24. The van der Waals surface area contributed by atoms with E-state index in [1.807, 2.05) is 0 Å². The molecule has 0 aliphatic carbocycles. The lowest BCUT2D eigenvalue weighted by Gasteiger charge is -2.19. The number of ketones is 1. The summed E-state index contributed by atoms with van der Waals surface area (Å²) in [6, 6.07) is 3.32. The van der Waals surface area contributed by atoms with Crippen molar-refractivity contribution >= 4 is 96.3 Å². The highest BCUT2D eigenvalue weighted by Gasteiger charge is 2.25. The van der Waals surface area contributed by atoms with Gasteiger partial charge >= 0.3 is 0 Å². The minimum absolute atomic E-state index is 0.00444. The highest BCUT2D eigenvalue weighted by Crippen LogP contribution is 2.36. The van der Waals surface area contributed by atoms with E-state index in [1.165, 1.54) is 36.0 Å². The summed E-state index contributed by atoms with van der Waals surface area (Å²) in [5.41, 5.74) is 0.494. The summed E-state index contributed by atoms with van der Waals surface area (Å²) in [7, 11) is -8.39. The molecule has 0 saturated heterocycles. The van der Waals surface area contributed by atoms with Crippen LogP contribution in [0.15, 0.2) is 34.7 Å². The van der Waals surface area contributed by atoms with E-state index in [9.17, 15) is 21.6 Å². The maximum Gasteiger partial charge on any atom is 0.265 e. The number of rotatable bonds is 18. The number of aromatic nitrogens is 4. The molecule has 0 saturated carbocycles. The zero-order valence-corrected chi connectivity index (χ0v) is 26.0. The smallest absolute Gasteiger partial charge is 0.265 e. The second-order valence-corrected chi connectivity index (χ2v) is 16.2. The number of halogens is 2. The van der Waals surface area contributed by atoms with Crippen LogP contribution in [0.5, 0.6) is 0 Å². The van der Waals surface area contributed by atoms with Crippen molar-refractivity contribution in [1.82, 2.24) is 19.9 Å². The average molecular weight is 684 g/mol. The van der Waals surface area contributed by atoms with Crippen LogP contribution in [0.3, 0.4) is 0 Å². The molecule has 0 aliphatic rings. The molecule has 2 aromatic rings. The number of hydrogen-bond acceptors (Lipinski definition) is 13. The SMILES string of the molecule is O=C(CC(SCCS(=O)(=O)O)c1cc(SCCl)ncn1)CC(SCCS(=O)(=O)O)c1nccc(SCCl)n1. The highest BCUT2D eigenvalue weighted by molar-refractivity contribution is 8.01. The summed E-state index contributed by atoms with van der Waals surface area (Å²) in [6.45, 7) is 0. The summed E-state index contributed by atoms with van der Waals surface area (Å²) < 4.78 is 63.0. The summed E-state index contributed by atoms with van der Waals surface area (Å²) in [5, 5.41) is 0.502. The molecule has 11 nitrogen and oxygen atoms in total. The molecule has 0 fully saturated rings. The standard InChI is InChI=1S/C19H24Cl2N4O7S6/c20-10-35-17-1-2-22-19(25-17)16(34-4-6-38(30,31)32)8-13(26)7-15(33-3-5-37(27,28)29)14-9-18(36-11-21)24-12-23-14/h1-2,9,12,15-16H,3-8,10-11H2,(H,27,28,29)(H,30,31,32). The fraction of sp³-hybridized carbons (Fsp3) is 0.526. The van der Waals surface area contributed by atoms with Gasteiger partial charge in [0.2, 0.25) is 0 Å². The third kappa shape index (κ3) is 13.8. The van der Waals surface area contributed by atoms with E-state index in [2.05, 4.69) is 19.9 Å². The highest BCUT2D eigenvalue weighted by atomic mass is 35.5. The Bertz CT molecular complexity index is 1180. The molecular formula is C19H24Cl2N4O7S6. The zero-order valence-electron chi connectivity index (χ0n) is 19.6. The first-order chi connectivity index (χ1) is 17.9. The van der Waals surface area contributed by atoms with Gasteiger partial charge < -0.3 is 0 Å². The van der Waals surface area contributed by atoms with Crippen molar-refractivity contribution in [2.75, 3.05) is 33.4 Å². The van der Waals surface area contributed by atoms with Gasteiger partial charge in [0.1, 0.15) is 28.0 Å². The topological polar surface area (TPSA) is 177 Å². The van der Waals surface area contributed by atoms with Crippen molar-refractivity contribution in [3.63, 3.8) is 0 Å². The summed E-state index contributed by atoms with van der Waals surface area (Å²) >= 11 is 16.3. The first-order valence-electron chi connectivity index (χ1n) is 10.6. The molecule has 212 valence electrons. The summed E-state index contributed by atoms with van der Waals surface area (Å²) in [6.07, 6.45) is 2.74. The minimum atomic E-state index is -4.20. The molecule has 0 radical (unpaired) electrons. The average Bonchev–Trinajstić information content (AvgIpc) is 2.82. The van der Waals surface area contributed by atoms with Crippen LogP contribution in [-0.4, -0.2) is 85.1 Å². The van der Waals surface area contributed by atoms with Gasteiger partial charge in [0.15, 0.2) is 0 Å². The molecule has 2 aromatic heterocycles. The molecule has 0 spiro atoms. The number of carbonyl (C=O) groups is 1. The second kappa shape index (κ2) is 16.8. The Labute approximate surface area is 248 Å². The van der Waals surface area contributed by atoms with Crippen molar-refractivity contribution < 1.29 is 30.7 Å². The van der Waals surface area contributed by atoms with Crippen LogP contribution >= 0.6 is 70.2 Å². The Morgan fingerprint density at radius 2 is 1.45 bits per heavy atom. The molecule has 2 heterocycles. The van der Waals surface area contributed by atoms with Gasteiger partial charge in [-0.3, -0.25) is 13.9 Å². The van der Waals surface area contributed by atoms with Crippen LogP contribution in [-0.2, 0) is 25.0 Å². The Morgan fingerprint density at radius 1 is 0.868 bits per heavy atom. The van der Waals surface area contributed by atoms with Crippen LogP contribution < -0.4 is 0 Å². The fourth-order valence-corrected chi connectivity index (χ4v) is 8.60. The number of Topliss-reactive ketones (excluding diaryl/α,β-unsaturated/α-hetero) is 1. The van der Waals surface area contributed by atoms with Gasteiger partial charge in [-0.15, -0.1) is 35.0 Å². The first kappa shape index (κ1) is 33.8. The van der Waals surface area contributed by atoms with Gasteiger partial charge in [-0.05, 0) is 12.1 Å². The molecule has 38 heavy (non-hydrogen) atoms. The van der Waals surface area contributed by atoms with Crippen molar-refractivity contribution in [3.8, 4) is 0 Å². The zero-order chi connectivity index (χ0) is 28.2. The van der Waals surface area contributed by atoms with E-state index in [4.69, 9.17) is 32.3 Å². The molecule has 2 N–H and O–H groups in total. The monoisotopic (exact) mass is 682 g/mol. The van der Waals surface area contributed by atoms with Gasteiger partial charge in [-0.2, -0.15) is 28.6 Å². The molecular weight excluding hydrogens is 660 g/mol. The lowest BCUT2D eigenvalue weighted by molar-refractivity contribution is -0.119. The number of nitrogens with zero attached hydrogens (tertiary/aromatic N) is 4. The number of thioether (sulfide) groups is 4. The molecule has 0 aliphatic heterocycles. The summed E-state index contributed by atoms with van der Waals surface area (Å²) in [5.74, 6) is -0.899. The van der Waals surface area contributed by atoms with Crippen LogP contribution in [0, 0.1) is 0 Å². The largest absolute Gasteiger partial charge is 0.300 e. The molecule has 0 aromatic carbocycles. The maximum absolute atomic E-state index is 13.2. The molecule has 19 heteroatoms. The van der Waals surface area contributed by atoms with Crippen LogP contribution in [0.4, 0.5) is 0 Å². The third-order valence-corrected chi connectivity index (χ3v) is 10.8. The van der Waals surface area contributed by atoms with E-state index in [0.29, 0.717) is 21.6 Å². The fourth-order valence-electron chi connectivity index (χ4n) is 2.87. The van der Waals surface area contributed by atoms with Gasteiger partial charge in [0.25, 0.3) is 20.2 Å². The van der Waals surface area contributed by atoms with Gasteiger partial charge in [0, 0.05) is 30.5 Å². The van der Waals surface area contributed by atoms with Gasteiger partial charge in [-0.25, -0.2) is 19.9 Å². The minimum Gasteiger partial charge on any atom is -0.300 e. The van der Waals surface area contributed by atoms with E-state index < -0.39 is 42.2 Å². The van der Waals surface area contributed by atoms with E-state index in [1.54, 1.807) is 12.1 Å². The Hall–Kier alpha value is -0.370. The van der Waals surface area contributed by atoms with Crippen molar-refractivity contribution in [3.05, 3.63) is 36.2 Å². The predicted molar refractivity (Wildman–Crippen MR) is 155 cm³/mol. The van der Waals surface area contributed by atoms with Gasteiger partial charge in [0.05, 0.1) is 38.1 Å². The van der Waals surface area contributed by atoms with Crippen molar-refractivity contribution in [2.45, 2.75) is 33.4 Å². The molecule has 0 bridgehead atoms. The Kier molecular flexibility index (Phi) is 14.9. The van der Waals surface area contributed by atoms with E-state index >= 15 is 0 Å². The first-order valence-corrected chi connectivity index (χ1v) is 18.9. The third-order valence-electron chi connectivity index (χ3n) is 4.48. The lowest BCUT2D eigenvalue weighted by atomic mass is 10.1. The lowest BCUT2D eigenvalue weighted by Crippen LogP contribution is -2.14. The van der Waals surface area contributed by atoms with Crippen LogP contribution in [0.25, 0.3) is 0 Å². The second-order valence-electron chi connectivity index (χ2n) is 7.28.